The van der Waals surface area contributed by atoms with Crippen LogP contribution in [0, 0.1) is 13.8 Å². The number of likely N-dealkylation sites (tertiary alicyclic amines) is 1. The van der Waals surface area contributed by atoms with Crippen LogP contribution >= 0.6 is 0 Å². The molecular formula is C36H36N4O7. The molecule has 0 radical (unpaired) electrons. The fraction of sp³-hybridized carbons (Fsp3) is 0.278. The third-order valence-corrected chi connectivity index (χ3v) is 8.41. The van der Waals surface area contributed by atoms with Gasteiger partial charge in [-0.2, -0.15) is 0 Å². The maximum Gasteiger partial charge on any atom is 0.261 e. The summed E-state index contributed by atoms with van der Waals surface area (Å²) < 4.78 is 17.8. The first kappa shape index (κ1) is 31.4. The highest BCUT2D eigenvalue weighted by molar-refractivity contribution is 5.97. The van der Waals surface area contributed by atoms with E-state index >= 15 is 0 Å². The normalized spacial score (nSPS) is 18.1. The number of benzene rings is 3. The van der Waals surface area contributed by atoms with E-state index in [-0.39, 0.29) is 30.5 Å². The predicted octanol–water partition coefficient (Wildman–Crippen LogP) is 3.77. The zero-order valence-electron chi connectivity index (χ0n) is 26.4. The topological polar surface area (TPSA) is 139 Å². The average Bonchev–Trinajstić information content (AvgIpc) is 3.06. The largest absolute Gasteiger partial charge is 0.496 e. The van der Waals surface area contributed by atoms with Crippen molar-refractivity contribution in [3.63, 3.8) is 0 Å². The molecule has 3 aliphatic rings. The molecule has 3 N–H and O–H groups in total. The van der Waals surface area contributed by atoms with E-state index in [0.717, 1.165) is 11.1 Å². The molecule has 47 heavy (non-hydrogen) atoms. The summed E-state index contributed by atoms with van der Waals surface area (Å²) in [5.74, 6) is 0.591. The van der Waals surface area contributed by atoms with Crippen LogP contribution in [0.25, 0.3) is 11.1 Å². The molecule has 0 aliphatic carbocycles. The monoisotopic (exact) mass is 636 g/mol. The summed E-state index contributed by atoms with van der Waals surface area (Å²) in [7, 11) is 1.55. The first-order valence-corrected chi connectivity index (χ1v) is 15.4. The van der Waals surface area contributed by atoms with Gasteiger partial charge >= 0.3 is 0 Å². The Morgan fingerprint density at radius 2 is 1.74 bits per heavy atom. The molecule has 4 heterocycles. The second kappa shape index (κ2) is 13.4. The summed E-state index contributed by atoms with van der Waals surface area (Å²) in [6.07, 6.45) is -0.0547. The summed E-state index contributed by atoms with van der Waals surface area (Å²) in [6, 6.07) is 20.8. The van der Waals surface area contributed by atoms with Crippen LogP contribution in [0.15, 0.2) is 77.6 Å². The lowest BCUT2D eigenvalue weighted by Gasteiger charge is -2.39. The van der Waals surface area contributed by atoms with Gasteiger partial charge in [-0.3, -0.25) is 19.2 Å². The Morgan fingerprint density at radius 3 is 2.51 bits per heavy atom. The number of rotatable bonds is 2. The van der Waals surface area contributed by atoms with Gasteiger partial charge in [-0.15, -0.1) is 0 Å². The van der Waals surface area contributed by atoms with Gasteiger partial charge in [0, 0.05) is 42.9 Å². The molecule has 242 valence electrons. The van der Waals surface area contributed by atoms with Crippen LogP contribution < -0.4 is 30.4 Å². The number of carbonyl (C=O) groups is 3. The summed E-state index contributed by atoms with van der Waals surface area (Å²) >= 11 is 0. The SMILES string of the molecule is COc1ccc2cc1-c1cccc(c1)OCC(=O)NCc1ccc(cc1)O[C@@H]1CCN(C(=O)c3c(C)cc(C)[nH]c3=O)C[C@H]1NC2=O. The number of carbonyl (C=O) groups excluding carboxylic acids is 3. The molecule has 1 fully saturated rings. The molecule has 4 aromatic rings. The Morgan fingerprint density at radius 1 is 0.936 bits per heavy atom. The van der Waals surface area contributed by atoms with Gasteiger partial charge < -0.3 is 34.7 Å². The lowest BCUT2D eigenvalue weighted by Crippen LogP contribution is -2.58. The average molecular weight is 637 g/mol. The van der Waals surface area contributed by atoms with E-state index in [1.807, 2.05) is 30.3 Å². The molecule has 1 aromatic heterocycles. The molecule has 6 bridgehead atoms. The van der Waals surface area contributed by atoms with Crippen molar-refractivity contribution in [3.8, 4) is 28.4 Å². The minimum Gasteiger partial charge on any atom is -0.496 e. The van der Waals surface area contributed by atoms with Gasteiger partial charge in [0.1, 0.15) is 28.9 Å². The molecule has 0 saturated carbocycles. The van der Waals surface area contributed by atoms with Crippen molar-refractivity contribution in [2.45, 2.75) is 39.0 Å². The Hall–Kier alpha value is -5.58. The van der Waals surface area contributed by atoms with Crippen molar-refractivity contribution in [3.05, 3.63) is 111 Å². The molecular weight excluding hydrogens is 600 g/mol. The van der Waals surface area contributed by atoms with E-state index < -0.39 is 23.6 Å². The summed E-state index contributed by atoms with van der Waals surface area (Å²) in [5.41, 5.74) is 3.54. The van der Waals surface area contributed by atoms with Crippen LogP contribution in [0.3, 0.4) is 0 Å². The number of hydrogen-bond acceptors (Lipinski definition) is 7. The van der Waals surface area contributed by atoms with E-state index in [1.54, 1.807) is 68.3 Å². The Kier molecular flexibility index (Phi) is 8.97. The third kappa shape index (κ3) is 6.99. The molecule has 11 heteroatoms. The van der Waals surface area contributed by atoms with Crippen LogP contribution in [0.1, 0.15) is 44.0 Å². The van der Waals surface area contributed by atoms with E-state index in [0.29, 0.717) is 59.1 Å². The number of H-pyrrole nitrogens is 1. The van der Waals surface area contributed by atoms with Crippen molar-refractivity contribution < 1.29 is 28.6 Å². The number of fused-ring (bicyclic) bond motifs is 7. The molecule has 3 amide bonds. The second-order valence-corrected chi connectivity index (χ2v) is 11.8. The second-order valence-electron chi connectivity index (χ2n) is 11.8. The number of nitrogens with one attached hydrogen (secondary N) is 3. The van der Waals surface area contributed by atoms with Gasteiger partial charge in [0.15, 0.2) is 6.61 Å². The number of aromatic amines is 1. The zero-order valence-corrected chi connectivity index (χ0v) is 26.4. The Labute approximate surface area is 271 Å². The van der Waals surface area contributed by atoms with E-state index in [9.17, 15) is 19.2 Å². The van der Waals surface area contributed by atoms with Crippen molar-refractivity contribution in [2.24, 2.45) is 0 Å². The maximum absolute atomic E-state index is 13.8. The zero-order chi connectivity index (χ0) is 33.1. The summed E-state index contributed by atoms with van der Waals surface area (Å²) in [6.45, 7) is 4.12. The van der Waals surface area contributed by atoms with Crippen LogP contribution in [-0.2, 0) is 11.3 Å². The van der Waals surface area contributed by atoms with Gasteiger partial charge in [-0.25, -0.2) is 0 Å². The molecule has 1 saturated heterocycles. The van der Waals surface area contributed by atoms with Gasteiger partial charge in [0.05, 0.1) is 13.2 Å². The van der Waals surface area contributed by atoms with E-state index in [1.165, 1.54) is 0 Å². The molecule has 0 unspecified atom stereocenters. The Balaban J connectivity index is 1.35. The molecule has 11 nitrogen and oxygen atoms in total. The first-order valence-electron chi connectivity index (χ1n) is 15.4. The van der Waals surface area contributed by atoms with Crippen LogP contribution in [0.5, 0.6) is 17.2 Å². The lowest BCUT2D eigenvalue weighted by molar-refractivity contribution is -0.123. The molecule has 7 rings (SSSR count). The van der Waals surface area contributed by atoms with Gasteiger partial charge in [-0.1, -0.05) is 24.3 Å². The fourth-order valence-electron chi connectivity index (χ4n) is 6.01. The third-order valence-electron chi connectivity index (χ3n) is 8.41. The number of methoxy groups -OCH3 is 1. The van der Waals surface area contributed by atoms with Crippen molar-refractivity contribution in [2.75, 3.05) is 26.8 Å². The van der Waals surface area contributed by atoms with E-state index in [2.05, 4.69) is 15.6 Å². The number of hydrogen-bond donors (Lipinski definition) is 3. The fourth-order valence-corrected chi connectivity index (χ4v) is 6.01. The van der Waals surface area contributed by atoms with Crippen molar-refractivity contribution in [1.29, 1.82) is 0 Å². The summed E-state index contributed by atoms with van der Waals surface area (Å²) in [5, 5.41) is 5.98. The van der Waals surface area contributed by atoms with Crippen molar-refractivity contribution >= 4 is 17.7 Å². The minimum absolute atomic E-state index is 0.0851. The number of nitrogens with zero attached hydrogens (tertiary/aromatic N) is 1. The highest BCUT2D eigenvalue weighted by atomic mass is 16.5. The van der Waals surface area contributed by atoms with Gasteiger partial charge in [0.25, 0.3) is 23.3 Å². The standard InChI is InChI=1S/C36H36N4O7/c1-21-15-22(2)38-35(43)33(21)36(44)40-14-13-31-29(19-40)39-34(42)25-9-12-30(45-3)28(17-25)24-5-4-6-27(16-24)46-20-32(41)37-18-23-7-10-26(47-31)11-8-23/h4-12,15-17,29,31H,13-14,18-20H2,1-3H3,(H,37,41)(H,38,43)(H,39,42)/t29-,31-/m1/s1. The first-order chi connectivity index (χ1) is 22.7. The number of piperidine rings is 1. The number of aromatic nitrogens is 1. The van der Waals surface area contributed by atoms with Gasteiger partial charge in [-0.05, 0) is 79.1 Å². The minimum atomic E-state index is -0.600. The van der Waals surface area contributed by atoms with Crippen LogP contribution in [0.2, 0.25) is 0 Å². The number of aryl methyl sites for hydroxylation is 2. The lowest BCUT2D eigenvalue weighted by atomic mass is 9.98. The number of ether oxygens (including phenoxy) is 3. The van der Waals surface area contributed by atoms with E-state index in [4.69, 9.17) is 14.2 Å². The quantitative estimate of drug-likeness (QED) is 0.305. The smallest absolute Gasteiger partial charge is 0.261 e. The molecule has 3 aromatic carbocycles. The van der Waals surface area contributed by atoms with Crippen LogP contribution in [0.4, 0.5) is 0 Å². The molecule has 3 aliphatic heterocycles. The number of amides is 3. The van der Waals surface area contributed by atoms with Crippen molar-refractivity contribution in [1.82, 2.24) is 20.5 Å². The molecule has 2 atom stereocenters. The predicted molar refractivity (Wildman–Crippen MR) is 175 cm³/mol. The Bertz CT molecular complexity index is 1890. The van der Waals surface area contributed by atoms with Crippen LogP contribution in [-0.4, -0.2) is 66.6 Å². The summed E-state index contributed by atoms with van der Waals surface area (Å²) in [4.78, 5) is 57.2. The van der Waals surface area contributed by atoms with Gasteiger partial charge in [0.2, 0.25) is 0 Å². The number of pyridine rings is 1. The highest BCUT2D eigenvalue weighted by Gasteiger charge is 2.36. The molecule has 0 spiro atoms. The highest BCUT2D eigenvalue weighted by Crippen LogP contribution is 2.33. The maximum atomic E-state index is 13.8.